The van der Waals surface area contributed by atoms with Crippen LogP contribution in [0.5, 0.6) is 0 Å². The Hall–Kier alpha value is -0.900. The van der Waals surface area contributed by atoms with E-state index in [1.807, 2.05) is 0 Å². The number of hydrogen-bond acceptors (Lipinski definition) is 4. The Labute approximate surface area is 131 Å². The fraction of sp³-hybridized carbons (Fsp3) is 0.583. The van der Waals surface area contributed by atoms with Gasteiger partial charge in [-0.1, -0.05) is 0 Å². The first kappa shape index (κ1) is 16.5. The zero-order valence-corrected chi connectivity index (χ0v) is 13.9. The molecule has 9 heteroatoms. The molecule has 2 heterocycles. The predicted octanol–water partition coefficient (Wildman–Crippen LogP) is 1.66. The molecular formula is C12H17BrN2O5S. The SMILES string of the molecule is CN(Cc1ccc(Br)o1)S(=O)(=O)N1CCCCC1C(=O)O. The molecule has 1 unspecified atom stereocenters. The normalized spacial score (nSPS) is 20.8. The van der Waals surface area contributed by atoms with Crippen LogP contribution in [-0.4, -0.2) is 47.7 Å². The van der Waals surface area contributed by atoms with Crippen LogP contribution in [0.3, 0.4) is 0 Å². The maximum atomic E-state index is 12.5. The van der Waals surface area contributed by atoms with Crippen LogP contribution in [0.15, 0.2) is 21.2 Å². The van der Waals surface area contributed by atoms with E-state index < -0.39 is 22.2 Å². The van der Waals surface area contributed by atoms with Crippen molar-refractivity contribution in [2.24, 2.45) is 0 Å². The van der Waals surface area contributed by atoms with E-state index in [1.165, 1.54) is 7.05 Å². The molecule has 2 rings (SSSR count). The van der Waals surface area contributed by atoms with Crippen molar-refractivity contribution in [1.82, 2.24) is 8.61 Å². The molecule has 118 valence electrons. The third-order valence-corrected chi connectivity index (χ3v) is 5.81. The monoisotopic (exact) mass is 380 g/mol. The van der Waals surface area contributed by atoms with Gasteiger partial charge in [0.15, 0.2) is 4.67 Å². The zero-order valence-electron chi connectivity index (χ0n) is 11.5. The molecule has 0 saturated carbocycles. The Kier molecular flexibility index (Phi) is 5.07. The zero-order chi connectivity index (χ0) is 15.6. The second-order valence-electron chi connectivity index (χ2n) is 4.93. The van der Waals surface area contributed by atoms with Crippen LogP contribution in [0.2, 0.25) is 0 Å². The summed E-state index contributed by atoms with van der Waals surface area (Å²) in [6, 6.07) is 2.35. The third-order valence-electron chi connectivity index (χ3n) is 3.44. The lowest BCUT2D eigenvalue weighted by Crippen LogP contribution is -2.52. The summed E-state index contributed by atoms with van der Waals surface area (Å²) < 4.78 is 33.1. The molecule has 7 nitrogen and oxygen atoms in total. The van der Waals surface area contributed by atoms with Crippen LogP contribution in [0.25, 0.3) is 0 Å². The van der Waals surface area contributed by atoms with Crippen molar-refractivity contribution < 1.29 is 22.7 Å². The van der Waals surface area contributed by atoms with Gasteiger partial charge in [-0.15, -0.1) is 0 Å². The Morgan fingerprint density at radius 2 is 2.24 bits per heavy atom. The first-order valence-electron chi connectivity index (χ1n) is 6.52. The first-order chi connectivity index (χ1) is 9.82. The lowest BCUT2D eigenvalue weighted by atomic mass is 10.1. The molecule has 1 aliphatic rings. The van der Waals surface area contributed by atoms with E-state index in [0.717, 1.165) is 15.0 Å². The van der Waals surface area contributed by atoms with Crippen LogP contribution < -0.4 is 0 Å². The molecule has 0 spiro atoms. The average Bonchev–Trinajstić information content (AvgIpc) is 2.84. The summed E-state index contributed by atoms with van der Waals surface area (Å²) in [7, 11) is -2.42. The van der Waals surface area contributed by atoms with E-state index in [1.54, 1.807) is 12.1 Å². The topological polar surface area (TPSA) is 91.1 Å². The summed E-state index contributed by atoms with van der Waals surface area (Å²) in [5.41, 5.74) is 0. The maximum absolute atomic E-state index is 12.5. The third kappa shape index (κ3) is 3.65. The van der Waals surface area contributed by atoms with Crippen LogP contribution in [0.1, 0.15) is 25.0 Å². The van der Waals surface area contributed by atoms with E-state index in [9.17, 15) is 18.3 Å². The minimum absolute atomic E-state index is 0.0524. The van der Waals surface area contributed by atoms with Crippen molar-refractivity contribution in [3.05, 3.63) is 22.6 Å². The average molecular weight is 381 g/mol. The highest BCUT2D eigenvalue weighted by atomic mass is 79.9. The highest BCUT2D eigenvalue weighted by Crippen LogP contribution is 2.24. The van der Waals surface area contributed by atoms with E-state index >= 15 is 0 Å². The lowest BCUT2D eigenvalue weighted by Gasteiger charge is -2.34. The van der Waals surface area contributed by atoms with Gasteiger partial charge in [-0.25, -0.2) is 0 Å². The predicted molar refractivity (Wildman–Crippen MR) is 78.8 cm³/mol. The molecule has 1 aliphatic heterocycles. The Balaban J connectivity index is 2.17. The summed E-state index contributed by atoms with van der Waals surface area (Å²) in [6.45, 7) is 0.280. The van der Waals surface area contributed by atoms with Gasteiger partial charge < -0.3 is 9.52 Å². The summed E-state index contributed by atoms with van der Waals surface area (Å²) in [5.74, 6) is -0.621. The van der Waals surface area contributed by atoms with E-state index in [2.05, 4.69) is 15.9 Å². The minimum Gasteiger partial charge on any atom is -0.480 e. The fourth-order valence-corrected chi connectivity index (χ4v) is 4.21. The van der Waals surface area contributed by atoms with Crippen LogP contribution in [0, 0.1) is 0 Å². The number of hydrogen-bond donors (Lipinski definition) is 1. The van der Waals surface area contributed by atoms with Gasteiger partial charge in [0.2, 0.25) is 0 Å². The number of carboxylic acid groups (broad SMARTS) is 1. The molecule has 0 radical (unpaired) electrons. The van der Waals surface area contributed by atoms with Crippen molar-refractivity contribution in [2.45, 2.75) is 31.8 Å². The van der Waals surface area contributed by atoms with Gasteiger partial charge in [0.1, 0.15) is 11.8 Å². The molecule has 0 bridgehead atoms. The van der Waals surface area contributed by atoms with Gasteiger partial charge in [-0.2, -0.15) is 17.0 Å². The fourth-order valence-electron chi connectivity index (χ4n) is 2.34. The number of carboxylic acids is 1. The molecule has 1 fully saturated rings. The Bertz CT molecular complexity index is 615. The molecule has 1 N–H and O–H groups in total. The number of piperidine rings is 1. The molecule has 21 heavy (non-hydrogen) atoms. The van der Waals surface area contributed by atoms with Crippen molar-refractivity contribution in [1.29, 1.82) is 0 Å². The number of carbonyl (C=O) groups is 1. The summed E-state index contributed by atoms with van der Waals surface area (Å²) >= 11 is 3.15. The van der Waals surface area contributed by atoms with Crippen LogP contribution in [-0.2, 0) is 21.5 Å². The van der Waals surface area contributed by atoms with E-state index in [4.69, 9.17) is 4.42 Å². The van der Waals surface area contributed by atoms with Gasteiger partial charge >= 0.3 is 5.97 Å². The van der Waals surface area contributed by atoms with Gasteiger partial charge in [-0.05, 0) is 47.3 Å². The quantitative estimate of drug-likeness (QED) is 0.838. The molecular weight excluding hydrogens is 364 g/mol. The summed E-state index contributed by atoms with van der Waals surface area (Å²) in [6.07, 6.45) is 1.73. The second-order valence-corrected chi connectivity index (χ2v) is 7.70. The molecule has 1 atom stereocenters. The highest BCUT2D eigenvalue weighted by Gasteiger charge is 2.39. The number of nitrogens with zero attached hydrogens (tertiary/aromatic N) is 2. The number of halogens is 1. The van der Waals surface area contributed by atoms with E-state index in [-0.39, 0.29) is 13.1 Å². The van der Waals surface area contributed by atoms with Crippen molar-refractivity contribution in [3.63, 3.8) is 0 Å². The van der Waals surface area contributed by atoms with Gasteiger partial charge in [0, 0.05) is 13.6 Å². The molecule has 0 aromatic carbocycles. The minimum atomic E-state index is -3.83. The van der Waals surface area contributed by atoms with Crippen molar-refractivity contribution in [3.8, 4) is 0 Å². The highest BCUT2D eigenvalue weighted by molar-refractivity contribution is 9.10. The number of rotatable bonds is 5. The molecule has 1 saturated heterocycles. The van der Waals surface area contributed by atoms with Crippen molar-refractivity contribution in [2.75, 3.05) is 13.6 Å². The van der Waals surface area contributed by atoms with E-state index in [0.29, 0.717) is 23.3 Å². The summed E-state index contributed by atoms with van der Waals surface area (Å²) in [5, 5.41) is 9.20. The number of aliphatic carboxylic acids is 1. The molecule has 1 aromatic rings. The lowest BCUT2D eigenvalue weighted by molar-refractivity contribution is -0.142. The van der Waals surface area contributed by atoms with Gasteiger partial charge in [-0.3, -0.25) is 4.79 Å². The van der Waals surface area contributed by atoms with Crippen molar-refractivity contribution >= 4 is 32.1 Å². The Morgan fingerprint density at radius 3 is 2.81 bits per heavy atom. The maximum Gasteiger partial charge on any atom is 0.322 e. The molecule has 1 aromatic heterocycles. The Morgan fingerprint density at radius 1 is 1.52 bits per heavy atom. The van der Waals surface area contributed by atoms with Gasteiger partial charge in [0.25, 0.3) is 10.2 Å². The standard InChI is InChI=1S/C12H17BrN2O5S/c1-14(8-9-5-6-11(13)20-9)21(18,19)15-7-3-2-4-10(15)12(16)17/h5-6,10H,2-4,7-8H2,1H3,(H,16,17). The number of furan rings is 1. The van der Waals surface area contributed by atoms with Crippen LogP contribution in [0.4, 0.5) is 0 Å². The molecule has 0 aliphatic carbocycles. The smallest absolute Gasteiger partial charge is 0.322 e. The van der Waals surface area contributed by atoms with Crippen LogP contribution >= 0.6 is 15.9 Å². The first-order valence-corrected chi connectivity index (χ1v) is 8.71. The largest absolute Gasteiger partial charge is 0.480 e. The molecule has 0 amide bonds. The van der Waals surface area contributed by atoms with Gasteiger partial charge in [0.05, 0.1) is 6.54 Å². The summed E-state index contributed by atoms with van der Waals surface area (Å²) in [4.78, 5) is 11.2. The second kappa shape index (κ2) is 6.47.